The van der Waals surface area contributed by atoms with Crippen LogP contribution in [-0.4, -0.2) is 32.0 Å². The number of aliphatic hydroxyl groups excluding tert-OH is 1. The minimum absolute atomic E-state index is 0.336. The Morgan fingerprint density at radius 1 is 0.432 bits per heavy atom. The molecule has 81 heavy (non-hydrogen) atoms. The van der Waals surface area contributed by atoms with Gasteiger partial charge >= 0.3 is 0 Å². The molecule has 4 atom stereocenters. The van der Waals surface area contributed by atoms with E-state index in [-0.39, 0.29) is 11.5 Å². The lowest BCUT2D eigenvalue weighted by molar-refractivity contribution is 0.114. The molecule has 0 aromatic heterocycles. The van der Waals surface area contributed by atoms with Crippen molar-refractivity contribution in [3.8, 4) is 0 Å². The van der Waals surface area contributed by atoms with Gasteiger partial charge in [0.1, 0.15) is 0 Å². The third-order valence-corrected chi connectivity index (χ3v) is 18.5. The van der Waals surface area contributed by atoms with Gasteiger partial charge in [0.05, 0.1) is 18.5 Å². The van der Waals surface area contributed by atoms with Crippen molar-refractivity contribution in [2.24, 2.45) is 0 Å². The second-order valence-corrected chi connectivity index (χ2v) is 24.5. The van der Waals surface area contributed by atoms with Gasteiger partial charge in [-0.15, -0.1) is 0 Å². The molecular formula is C76H66O4S. The maximum atomic E-state index is 12.3. The van der Waals surface area contributed by atoms with E-state index in [0.29, 0.717) is 12.8 Å². The molecule has 0 aliphatic heterocycles. The molecule has 0 bridgehead atoms. The average molecular weight is 1080 g/mol. The van der Waals surface area contributed by atoms with Crippen LogP contribution in [0.25, 0.3) is 23.8 Å². The van der Waals surface area contributed by atoms with Gasteiger partial charge in [-0.05, 0) is 146 Å². The van der Waals surface area contributed by atoms with E-state index >= 15 is 0 Å². The second kappa shape index (κ2) is 22.0. The van der Waals surface area contributed by atoms with Crippen molar-refractivity contribution in [1.82, 2.24) is 0 Å². The summed E-state index contributed by atoms with van der Waals surface area (Å²) >= 11 is 0. The van der Waals surface area contributed by atoms with Crippen molar-refractivity contribution in [2.45, 2.75) is 80.8 Å². The Morgan fingerprint density at radius 2 is 0.852 bits per heavy atom. The highest BCUT2D eigenvalue weighted by Gasteiger charge is 2.52. The Kier molecular flexibility index (Phi) is 14.2. The molecule has 400 valence electrons. The van der Waals surface area contributed by atoms with E-state index in [9.17, 15) is 13.5 Å². The van der Waals surface area contributed by atoms with Gasteiger partial charge in [-0.1, -0.05) is 272 Å². The Bertz CT molecular complexity index is 4060. The van der Waals surface area contributed by atoms with Crippen LogP contribution in [0, 0.1) is 0 Å². The molecular weight excluding hydrogens is 1010 g/mol. The topological polar surface area (TPSA) is 63.6 Å². The standard InChI is InChI=1S/C26H24O3S.C25H22O.C25H20/c1-30(27,28)29-25-17-22-13-7-8-14-24(22)26(25,18-19-9-3-2-4-10-19)23-15-20-11-5-6-12-21(20)16-23;26-24-16-21-12-6-7-13-23(21)25(24,17-18-8-2-1-3-9-18)22-14-19-10-4-5-11-20(19)15-22;1-2-8-18(9-3-1)14-22-17-21-12-6-7-13-24(21)25(22)23-15-19-10-4-5-11-20(19)16-23/h2-15,25H,16-18H2,1H3;1-14,24,26H,15-17H2;1-13,15H,14,16-17H2. The number of fused-ring (bicyclic) bond motifs is 6. The second-order valence-electron chi connectivity index (χ2n) is 22.9. The average Bonchev–Trinajstić information content (AvgIpc) is 4.54. The minimum atomic E-state index is -3.61. The lowest BCUT2D eigenvalue weighted by atomic mass is 9.69. The van der Waals surface area contributed by atoms with Crippen LogP contribution in [0.5, 0.6) is 0 Å². The zero-order valence-electron chi connectivity index (χ0n) is 45.8. The first-order valence-corrected chi connectivity index (χ1v) is 30.4. The van der Waals surface area contributed by atoms with Gasteiger partial charge in [0, 0.05) is 17.3 Å². The van der Waals surface area contributed by atoms with Crippen LogP contribution in [0.3, 0.4) is 0 Å². The molecule has 0 saturated heterocycles. The fourth-order valence-electron chi connectivity index (χ4n) is 14.3. The molecule has 0 radical (unpaired) electrons. The van der Waals surface area contributed by atoms with Crippen LogP contribution < -0.4 is 0 Å². The Morgan fingerprint density at radius 3 is 1.40 bits per heavy atom. The van der Waals surface area contributed by atoms with E-state index in [0.717, 1.165) is 51.2 Å². The highest BCUT2D eigenvalue weighted by Crippen LogP contribution is 2.53. The summed E-state index contributed by atoms with van der Waals surface area (Å²) in [7, 11) is -3.61. The summed E-state index contributed by atoms with van der Waals surface area (Å²) in [5.41, 5.74) is 25.9. The molecule has 6 aliphatic carbocycles. The van der Waals surface area contributed by atoms with Crippen LogP contribution in [0.15, 0.2) is 259 Å². The molecule has 0 saturated carbocycles. The smallest absolute Gasteiger partial charge is 0.264 e. The molecule has 6 aliphatic rings. The molecule has 0 spiro atoms. The maximum absolute atomic E-state index is 12.3. The van der Waals surface area contributed by atoms with Crippen LogP contribution in [-0.2, 0) is 82.9 Å². The summed E-state index contributed by atoms with van der Waals surface area (Å²) in [4.78, 5) is 0. The van der Waals surface area contributed by atoms with Crippen molar-refractivity contribution >= 4 is 33.9 Å². The molecule has 15 rings (SSSR count). The van der Waals surface area contributed by atoms with E-state index in [2.05, 4.69) is 224 Å². The lowest BCUT2D eigenvalue weighted by Gasteiger charge is -2.38. The summed E-state index contributed by atoms with van der Waals surface area (Å²) in [5.74, 6) is 0. The van der Waals surface area contributed by atoms with E-state index in [1.807, 2.05) is 30.3 Å². The van der Waals surface area contributed by atoms with Crippen molar-refractivity contribution in [3.05, 3.63) is 342 Å². The van der Waals surface area contributed by atoms with Gasteiger partial charge in [0.2, 0.25) is 0 Å². The Labute approximate surface area is 478 Å². The first-order chi connectivity index (χ1) is 39.6. The predicted molar refractivity (Wildman–Crippen MR) is 331 cm³/mol. The third kappa shape index (κ3) is 10.2. The van der Waals surface area contributed by atoms with Crippen LogP contribution in [0.4, 0.5) is 0 Å². The van der Waals surface area contributed by atoms with E-state index < -0.39 is 21.6 Å². The fourth-order valence-corrected chi connectivity index (χ4v) is 15.0. The van der Waals surface area contributed by atoms with Gasteiger partial charge in [0.25, 0.3) is 10.1 Å². The molecule has 9 aromatic rings. The first-order valence-electron chi connectivity index (χ1n) is 28.6. The zero-order chi connectivity index (χ0) is 55.0. The normalized spacial score (nSPS) is 20.5. The monoisotopic (exact) mass is 1070 g/mol. The summed E-state index contributed by atoms with van der Waals surface area (Å²) in [6.07, 6.45) is 15.0. The number of hydrogen-bond donors (Lipinski definition) is 1. The van der Waals surface area contributed by atoms with Gasteiger partial charge in [-0.2, -0.15) is 8.42 Å². The summed E-state index contributed by atoms with van der Waals surface area (Å²) < 4.78 is 30.4. The lowest BCUT2D eigenvalue weighted by Crippen LogP contribution is -2.43. The molecule has 0 heterocycles. The van der Waals surface area contributed by atoms with Gasteiger partial charge in [-0.3, -0.25) is 4.18 Å². The highest BCUT2D eigenvalue weighted by molar-refractivity contribution is 7.86. The number of benzene rings is 9. The van der Waals surface area contributed by atoms with Crippen molar-refractivity contribution in [3.63, 3.8) is 0 Å². The van der Waals surface area contributed by atoms with Gasteiger partial charge in [-0.25, -0.2) is 0 Å². The van der Waals surface area contributed by atoms with Gasteiger partial charge in [0.15, 0.2) is 0 Å². The van der Waals surface area contributed by atoms with Crippen molar-refractivity contribution in [1.29, 1.82) is 0 Å². The van der Waals surface area contributed by atoms with Crippen molar-refractivity contribution in [2.75, 3.05) is 6.26 Å². The van der Waals surface area contributed by atoms with Crippen LogP contribution in [0.1, 0.15) is 83.5 Å². The predicted octanol–water partition coefficient (Wildman–Crippen LogP) is 15.3. The number of aliphatic hydroxyl groups is 1. The van der Waals surface area contributed by atoms with E-state index in [1.165, 1.54) is 106 Å². The van der Waals surface area contributed by atoms with Crippen LogP contribution in [0.2, 0.25) is 0 Å². The number of allylic oxidation sites excluding steroid dienone is 3. The minimum Gasteiger partial charge on any atom is -0.391 e. The zero-order valence-corrected chi connectivity index (χ0v) is 46.7. The maximum Gasteiger partial charge on any atom is 0.264 e. The number of hydrogen-bond acceptors (Lipinski definition) is 4. The first kappa shape index (κ1) is 52.2. The summed E-state index contributed by atoms with van der Waals surface area (Å²) in [6, 6.07) is 83.4. The number of rotatable bonds is 11. The third-order valence-electron chi connectivity index (χ3n) is 17.9. The SMILES string of the molecule is C1=C(C2=C(Cc3ccccc3)Cc3ccccc32)Cc2ccccc21.CS(=O)(=O)OC1Cc2ccccc2C1(Cc1ccccc1)C1=Cc2ccccc2C1.OC1Cc2ccccc2C1(Cc1ccccc1)C1=Cc2ccccc2C1. The quantitative estimate of drug-likeness (QED) is 0.131. The Balaban J connectivity index is 0.000000115. The Hall–Kier alpha value is -8.19. The largest absolute Gasteiger partial charge is 0.391 e. The fraction of sp³-hybridized carbons (Fsp3) is 0.184. The molecule has 4 unspecified atom stereocenters. The van der Waals surface area contributed by atoms with Gasteiger partial charge < -0.3 is 5.11 Å². The molecule has 9 aromatic carbocycles. The van der Waals surface area contributed by atoms with E-state index in [4.69, 9.17) is 4.18 Å². The summed E-state index contributed by atoms with van der Waals surface area (Å²) in [6.45, 7) is 0. The van der Waals surface area contributed by atoms with E-state index in [1.54, 1.807) is 5.57 Å². The highest BCUT2D eigenvalue weighted by atomic mass is 32.2. The molecule has 1 N–H and O–H groups in total. The molecule has 4 nitrogen and oxygen atoms in total. The van der Waals surface area contributed by atoms with Crippen LogP contribution >= 0.6 is 0 Å². The molecule has 5 heteroatoms. The molecule has 0 fully saturated rings. The van der Waals surface area contributed by atoms with Crippen molar-refractivity contribution < 1.29 is 17.7 Å². The molecule has 0 amide bonds. The summed E-state index contributed by atoms with van der Waals surface area (Å²) in [5, 5.41) is 11.3.